The minimum absolute atomic E-state index is 0.142. The van der Waals surface area contributed by atoms with E-state index in [1.165, 1.54) is 5.56 Å². The zero-order chi connectivity index (χ0) is 19.1. The Morgan fingerprint density at radius 2 is 2.07 bits per heavy atom. The Labute approximate surface area is 159 Å². The molecule has 7 nitrogen and oxygen atoms in total. The zero-order valence-corrected chi connectivity index (χ0v) is 15.8. The molecule has 0 N–H and O–H groups in total. The Kier molecular flexibility index (Phi) is 6.35. The molecule has 1 aromatic carbocycles. The highest BCUT2D eigenvalue weighted by atomic mass is 16.5. The molecule has 7 heteroatoms. The lowest BCUT2D eigenvalue weighted by molar-refractivity contribution is -0.131. The van der Waals surface area contributed by atoms with E-state index in [1.54, 1.807) is 6.20 Å². The molecule has 3 rings (SSSR count). The number of nitrogens with zero attached hydrogens (tertiary/aromatic N) is 5. The molecule has 0 fully saturated rings. The standard InChI is InChI=1S/C20H25N5O2/c1-3-24(14-15-25-13-5-12-21-25)19(26)7-4-6-18-22-20(23-27-18)17-10-8-16(2)9-11-17/h5,8-13H,3-4,6-7,14-15H2,1-2H3. The van der Waals surface area contributed by atoms with Crippen LogP contribution in [-0.2, 0) is 17.8 Å². The molecule has 0 spiro atoms. The number of aryl methyl sites for hydroxylation is 2. The average Bonchev–Trinajstić information content (AvgIpc) is 3.35. The van der Waals surface area contributed by atoms with Gasteiger partial charge in [-0.15, -0.1) is 0 Å². The van der Waals surface area contributed by atoms with Crippen molar-refractivity contribution in [2.24, 2.45) is 0 Å². The molecule has 0 saturated carbocycles. The van der Waals surface area contributed by atoms with Gasteiger partial charge in [0, 0.05) is 43.9 Å². The second-order valence-corrected chi connectivity index (χ2v) is 6.47. The van der Waals surface area contributed by atoms with Crippen LogP contribution in [0.25, 0.3) is 11.4 Å². The third-order valence-corrected chi connectivity index (χ3v) is 4.45. The monoisotopic (exact) mass is 367 g/mol. The van der Waals surface area contributed by atoms with E-state index in [-0.39, 0.29) is 5.91 Å². The summed E-state index contributed by atoms with van der Waals surface area (Å²) in [5, 5.41) is 8.20. The van der Waals surface area contributed by atoms with Crippen LogP contribution in [0, 0.1) is 6.92 Å². The molecule has 0 radical (unpaired) electrons. The van der Waals surface area contributed by atoms with Gasteiger partial charge in [0.25, 0.3) is 0 Å². The van der Waals surface area contributed by atoms with Gasteiger partial charge in [-0.05, 0) is 26.3 Å². The Balaban J connectivity index is 1.45. The van der Waals surface area contributed by atoms with Crippen LogP contribution < -0.4 is 0 Å². The lowest BCUT2D eigenvalue weighted by atomic mass is 10.1. The third kappa shape index (κ3) is 5.26. The van der Waals surface area contributed by atoms with E-state index in [0.717, 1.165) is 5.56 Å². The van der Waals surface area contributed by atoms with Gasteiger partial charge in [0.15, 0.2) is 0 Å². The molecular weight excluding hydrogens is 342 g/mol. The van der Waals surface area contributed by atoms with E-state index in [4.69, 9.17) is 4.52 Å². The lowest BCUT2D eigenvalue weighted by Gasteiger charge is -2.20. The summed E-state index contributed by atoms with van der Waals surface area (Å²) in [4.78, 5) is 18.7. The number of benzene rings is 1. The number of likely N-dealkylation sites (N-methyl/N-ethyl adjacent to an activating group) is 1. The molecule has 0 bridgehead atoms. The Morgan fingerprint density at radius 3 is 2.78 bits per heavy atom. The SMILES string of the molecule is CCN(CCn1cccn1)C(=O)CCCc1nc(-c2ccc(C)cc2)no1. The first-order valence-corrected chi connectivity index (χ1v) is 9.30. The van der Waals surface area contributed by atoms with Gasteiger partial charge in [-0.1, -0.05) is 35.0 Å². The summed E-state index contributed by atoms with van der Waals surface area (Å²) < 4.78 is 7.15. The van der Waals surface area contributed by atoms with Crippen molar-refractivity contribution >= 4 is 5.91 Å². The lowest BCUT2D eigenvalue weighted by Crippen LogP contribution is -2.33. The molecule has 0 unspecified atom stereocenters. The van der Waals surface area contributed by atoms with E-state index in [0.29, 0.717) is 50.6 Å². The van der Waals surface area contributed by atoms with Gasteiger partial charge in [-0.25, -0.2) is 0 Å². The number of amides is 1. The maximum Gasteiger partial charge on any atom is 0.226 e. The molecule has 0 aliphatic carbocycles. The molecular formula is C20H25N5O2. The van der Waals surface area contributed by atoms with Gasteiger partial charge in [-0.2, -0.15) is 10.1 Å². The van der Waals surface area contributed by atoms with Crippen molar-refractivity contribution in [3.8, 4) is 11.4 Å². The summed E-state index contributed by atoms with van der Waals surface area (Å²) in [6.45, 7) is 6.09. The van der Waals surface area contributed by atoms with Crippen LogP contribution in [0.15, 0.2) is 47.2 Å². The maximum absolute atomic E-state index is 12.4. The largest absolute Gasteiger partial charge is 0.341 e. The molecule has 2 aromatic heterocycles. The van der Waals surface area contributed by atoms with E-state index >= 15 is 0 Å². The summed E-state index contributed by atoms with van der Waals surface area (Å²) in [5.41, 5.74) is 2.12. The second-order valence-electron chi connectivity index (χ2n) is 6.47. The summed E-state index contributed by atoms with van der Waals surface area (Å²) in [7, 11) is 0. The topological polar surface area (TPSA) is 77.1 Å². The molecule has 0 atom stereocenters. The van der Waals surface area contributed by atoms with Crippen molar-refractivity contribution in [3.05, 3.63) is 54.2 Å². The van der Waals surface area contributed by atoms with Crippen molar-refractivity contribution in [2.75, 3.05) is 13.1 Å². The minimum Gasteiger partial charge on any atom is -0.341 e. The van der Waals surface area contributed by atoms with Gasteiger partial charge >= 0.3 is 0 Å². The highest BCUT2D eigenvalue weighted by Gasteiger charge is 2.13. The van der Waals surface area contributed by atoms with Gasteiger partial charge in [0.05, 0.1) is 6.54 Å². The predicted octanol–water partition coefficient (Wildman–Crippen LogP) is 3.11. The molecule has 2 heterocycles. The first kappa shape index (κ1) is 18.8. The maximum atomic E-state index is 12.4. The summed E-state index contributed by atoms with van der Waals surface area (Å²) in [6, 6.07) is 9.88. The molecule has 0 aliphatic rings. The third-order valence-electron chi connectivity index (χ3n) is 4.45. The molecule has 1 amide bonds. The normalized spacial score (nSPS) is 10.9. The molecule has 142 valence electrons. The summed E-state index contributed by atoms with van der Waals surface area (Å²) in [5.74, 6) is 1.30. The molecule has 27 heavy (non-hydrogen) atoms. The van der Waals surface area contributed by atoms with E-state index in [2.05, 4.69) is 15.2 Å². The Bertz CT molecular complexity index is 840. The van der Waals surface area contributed by atoms with Gasteiger partial charge in [-0.3, -0.25) is 9.48 Å². The van der Waals surface area contributed by atoms with Crippen LogP contribution in [-0.4, -0.2) is 43.8 Å². The molecule has 0 aliphatic heterocycles. The quantitative estimate of drug-likeness (QED) is 0.581. The van der Waals surface area contributed by atoms with E-state index in [9.17, 15) is 4.79 Å². The Hall–Kier alpha value is -2.96. The van der Waals surface area contributed by atoms with Gasteiger partial charge in [0.1, 0.15) is 0 Å². The number of carbonyl (C=O) groups excluding carboxylic acids is 1. The van der Waals surface area contributed by atoms with E-state index in [1.807, 2.05) is 60.0 Å². The van der Waals surface area contributed by atoms with Crippen LogP contribution >= 0.6 is 0 Å². The number of hydrogen-bond donors (Lipinski definition) is 0. The zero-order valence-electron chi connectivity index (χ0n) is 15.8. The molecule has 3 aromatic rings. The van der Waals surface area contributed by atoms with Gasteiger partial charge in [0.2, 0.25) is 17.6 Å². The number of carbonyl (C=O) groups is 1. The smallest absolute Gasteiger partial charge is 0.226 e. The van der Waals surface area contributed by atoms with Crippen LogP contribution in [0.5, 0.6) is 0 Å². The number of hydrogen-bond acceptors (Lipinski definition) is 5. The average molecular weight is 367 g/mol. The fourth-order valence-electron chi connectivity index (χ4n) is 2.84. The van der Waals surface area contributed by atoms with Crippen molar-refractivity contribution in [2.45, 2.75) is 39.7 Å². The Morgan fingerprint density at radius 1 is 1.26 bits per heavy atom. The number of aromatic nitrogens is 4. The highest BCUT2D eigenvalue weighted by molar-refractivity contribution is 5.76. The highest BCUT2D eigenvalue weighted by Crippen LogP contribution is 2.17. The predicted molar refractivity (Wildman–Crippen MR) is 102 cm³/mol. The van der Waals surface area contributed by atoms with Crippen LogP contribution in [0.2, 0.25) is 0 Å². The summed E-state index contributed by atoms with van der Waals surface area (Å²) in [6.07, 6.45) is 5.40. The van der Waals surface area contributed by atoms with Crippen molar-refractivity contribution in [3.63, 3.8) is 0 Å². The second kappa shape index (κ2) is 9.12. The first-order valence-electron chi connectivity index (χ1n) is 9.30. The molecule has 0 saturated heterocycles. The van der Waals surface area contributed by atoms with E-state index < -0.39 is 0 Å². The van der Waals surface area contributed by atoms with Crippen molar-refractivity contribution in [1.29, 1.82) is 0 Å². The van der Waals surface area contributed by atoms with Crippen LogP contribution in [0.3, 0.4) is 0 Å². The first-order chi connectivity index (χ1) is 13.2. The number of rotatable bonds is 9. The summed E-state index contributed by atoms with van der Waals surface area (Å²) >= 11 is 0. The fourth-order valence-corrected chi connectivity index (χ4v) is 2.84. The van der Waals surface area contributed by atoms with Gasteiger partial charge < -0.3 is 9.42 Å². The fraction of sp³-hybridized carbons (Fsp3) is 0.400. The minimum atomic E-state index is 0.142. The van der Waals surface area contributed by atoms with Crippen LogP contribution in [0.4, 0.5) is 0 Å². The van der Waals surface area contributed by atoms with Crippen molar-refractivity contribution in [1.82, 2.24) is 24.8 Å². The van der Waals surface area contributed by atoms with Crippen molar-refractivity contribution < 1.29 is 9.32 Å². The van der Waals surface area contributed by atoms with Crippen LogP contribution in [0.1, 0.15) is 31.2 Å².